The van der Waals surface area contributed by atoms with Crippen molar-refractivity contribution in [3.05, 3.63) is 58.8 Å². The Hall–Kier alpha value is -2.84. The molecule has 1 unspecified atom stereocenters. The van der Waals surface area contributed by atoms with Crippen molar-refractivity contribution in [1.82, 2.24) is 24.4 Å². The Labute approximate surface area is 188 Å². The molecule has 0 saturated carbocycles. The molecule has 3 aliphatic rings. The molecule has 5 rings (SSSR count). The number of hydrogen-bond acceptors (Lipinski definition) is 7. The van der Waals surface area contributed by atoms with Crippen LogP contribution in [-0.2, 0) is 11.8 Å². The average molecular weight is 435 g/mol. The number of allylic oxidation sites excluding steroid dienone is 1. The van der Waals surface area contributed by atoms with Gasteiger partial charge in [0.25, 0.3) is 5.56 Å². The molecule has 8 nitrogen and oxygen atoms in total. The zero-order valence-corrected chi connectivity index (χ0v) is 18.6. The Bertz CT molecular complexity index is 1060. The zero-order valence-electron chi connectivity index (χ0n) is 18.6. The molecule has 4 heterocycles. The van der Waals surface area contributed by atoms with Gasteiger partial charge in [-0.1, -0.05) is 18.2 Å². The minimum atomic E-state index is -0.0984. The normalized spacial score (nSPS) is 24.0. The van der Waals surface area contributed by atoms with Crippen molar-refractivity contribution in [3.8, 4) is 11.4 Å². The molecule has 2 saturated heterocycles. The Kier molecular flexibility index (Phi) is 6.14. The van der Waals surface area contributed by atoms with Gasteiger partial charge in [-0.25, -0.2) is 15.0 Å². The summed E-state index contributed by atoms with van der Waals surface area (Å²) in [7, 11) is 1.77. The Morgan fingerprint density at radius 2 is 2.06 bits per heavy atom. The van der Waals surface area contributed by atoms with Gasteiger partial charge in [0.1, 0.15) is 6.33 Å². The second kappa shape index (κ2) is 9.34. The van der Waals surface area contributed by atoms with Crippen LogP contribution in [0.3, 0.4) is 0 Å². The lowest BCUT2D eigenvalue weighted by Gasteiger charge is -2.37. The first-order valence-corrected chi connectivity index (χ1v) is 11.5. The van der Waals surface area contributed by atoms with Gasteiger partial charge in [-0.15, -0.1) is 0 Å². The summed E-state index contributed by atoms with van der Waals surface area (Å²) in [5.74, 6) is 0.992. The molecule has 0 N–H and O–H groups in total. The van der Waals surface area contributed by atoms with Crippen LogP contribution in [0.25, 0.3) is 11.4 Å². The van der Waals surface area contributed by atoms with E-state index in [0.29, 0.717) is 43.0 Å². The zero-order chi connectivity index (χ0) is 21.9. The van der Waals surface area contributed by atoms with E-state index in [1.807, 2.05) is 0 Å². The van der Waals surface area contributed by atoms with Crippen LogP contribution in [0.15, 0.2) is 53.3 Å². The second-order valence-electron chi connectivity index (χ2n) is 8.81. The molecule has 0 spiro atoms. The Balaban J connectivity index is 1.29. The number of hydrogen-bond donors (Lipinski definition) is 0. The van der Waals surface area contributed by atoms with E-state index in [1.165, 1.54) is 43.9 Å². The van der Waals surface area contributed by atoms with E-state index < -0.39 is 0 Å². The first kappa shape index (κ1) is 21.0. The van der Waals surface area contributed by atoms with Gasteiger partial charge in [0.2, 0.25) is 5.95 Å². The first-order chi connectivity index (χ1) is 15.7. The highest BCUT2D eigenvalue weighted by atomic mass is 16.5. The summed E-state index contributed by atoms with van der Waals surface area (Å²) in [6.07, 6.45) is 13.8. The molecule has 2 aromatic rings. The fourth-order valence-corrected chi connectivity index (χ4v) is 4.77. The summed E-state index contributed by atoms with van der Waals surface area (Å²) in [4.78, 5) is 30.3. The van der Waals surface area contributed by atoms with Gasteiger partial charge in [0, 0.05) is 44.9 Å². The van der Waals surface area contributed by atoms with Crippen LogP contribution >= 0.6 is 0 Å². The number of aromatic nitrogens is 4. The molecule has 0 bridgehead atoms. The molecular formula is C24H30N6O2. The lowest BCUT2D eigenvalue weighted by atomic mass is 9.90. The SMILES string of the molecule is Cn1c(N2CCO[C@H](C3C=CC(CN4CCCC4)=CC3)C2)nc(-c2ccncn2)cc1=O. The van der Waals surface area contributed by atoms with Gasteiger partial charge in [0.15, 0.2) is 0 Å². The maximum absolute atomic E-state index is 12.6. The van der Waals surface area contributed by atoms with Crippen LogP contribution in [0.2, 0.25) is 0 Å². The van der Waals surface area contributed by atoms with Crippen LogP contribution in [0.5, 0.6) is 0 Å². The Morgan fingerprint density at radius 1 is 1.19 bits per heavy atom. The van der Waals surface area contributed by atoms with Crippen molar-refractivity contribution < 1.29 is 4.74 Å². The van der Waals surface area contributed by atoms with Crippen LogP contribution in [0.1, 0.15) is 19.3 Å². The molecule has 2 fully saturated rings. The fraction of sp³-hybridized carbons (Fsp3) is 0.500. The molecule has 32 heavy (non-hydrogen) atoms. The highest BCUT2D eigenvalue weighted by Crippen LogP contribution is 2.27. The largest absolute Gasteiger partial charge is 0.374 e. The van der Waals surface area contributed by atoms with Gasteiger partial charge in [-0.3, -0.25) is 14.3 Å². The summed E-state index contributed by atoms with van der Waals surface area (Å²) >= 11 is 0. The molecule has 1 aliphatic carbocycles. The summed E-state index contributed by atoms with van der Waals surface area (Å²) in [5.41, 5.74) is 2.53. The van der Waals surface area contributed by atoms with E-state index >= 15 is 0 Å². The fourth-order valence-electron chi connectivity index (χ4n) is 4.77. The van der Waals surface area contributed by atoms with Gasteiger partial charge in [-0.05, 0) is 44.0 Å². The number of morpholine rings is 1. The van der Waals surface area contributed by atoms with E-state index in [-0.39, 0.29) is 11.7 Å². The van der Waals surface area contributed by atoms with Crippen LogP contribution < -0.4 is 10.5 Å². The number of likely N-dealkylation sites (tertiary alicyclic amines) is 1. The minimum Gasteiger partial charge on any atom is -0.374 e. The monoisotopic (exact) mass is 434 g/mol. The van der Waals surface area contributed by atoms with Gasteiger partial charge in [0.05, 0.1) is 24.1 Å². The second-order valence-corrected chi connectivity index (χ2v) is 8.81. The van der Waals surface area contributed by atoms with Crippen molar-refractivity contribution in [2.75, 3.05) is 44.2 Å². The maximum atomic E-state index is 12.6. The molecule has 8 heteroatoms. The highest BCUT2D eigenvalue weighted by Gasteiger charge is 2.29. The predicted octanol–water partition coefficient (Wildman–Crippen LogP) is 2.04. The molecule has 0 amide bonds. The molecule has 2 aromatic heterocycles. The lowest BCUT2D eigenvalue weighted by Crippen LogP contribution is -2.47. The van der Waals surface area contributed by atoms with Crippen LogP contribution in [0.4, 0.5) is 5.95 Å². The van der Waals surface area contributed by atoms with E-state index in [0.717, 1.165) is 13.0 Å². The van der Waals surface area contributed by atoms with E-state index in [4.69, 9.17) is 9.72 Å². The van der Waals surface area contributed by atoms with Gasteiger partial charge >= 0.3 is 0 Å². The quantitative estimate of drug-likeness (QED) is 0.713. The van der Waals surface area contributed by atoms with Crippen LogP contribution in [0, 0.1) is 5.92 Å². The summed E-state index contributed by atoms with van der Waals surface area (Å²) in [6, 6.07) is 3.30. The summed E-state index contributed by atoms with van der Waals surface area (Å²) < 4.78 is 7.76. The van der Waals surface area contributed by atoms with E-state index in [2.05, 4.69) is 38.0 Å². The van der Waals surface area contributed by atoms with Crippen molar-refractivity contribution in [1.29, 1.82) is 0 Å². The van der Waals surface area contributed by atoms with Crippen molar-refractivity contribution in [2.45, 2.75) is 25.4 Å². The summed E-state index contributed by atoms with van der Waals surface area (Å²) in [5, 5.41) is 0. The topological polar surface area (TPSA) is 76.4 Å². The molecule has 168 valence electrons. The minimum absolute atomic E-state index is 0.0733. The lowest BCUT2D eigenvalue weighted by molar-refractivity contribution is 0.0138. The third-order valence-corrected chi connectivity index (χ3v) is 6.62. The predicted molar refractivity (Wildman–Crippen MR) is 123 cm³/mol. The van der Waals surface area contributed by atoms with Gasteiger partial charge in [-0.2, -0.15) is 0 Å². The molecule has 2 atom stereocenters. The standard InChI is InChI=1S/C24H30N6O2/c1-28-23(31)14-21(20-8-9-25-17-26-20)27-24(28)30-12-13-32-22(16-30)19-6-4-18(5-7-19)15-29-10-2-3-11-29/h4-6,8-9,14,17,19,22H,2-3,7,10-13,15-16H2,1H3/t19?,22-/m0/s1. The number of rotatable bonds is 5. The smallest absolute Gasteiger partial charge is 0.255 e. The molecular weight excluding hydrogens is 404 g/mol. The Morgan fingerprint density at radius 3 is 2.81 bits per heavy atom. The van der Waals surface area contributed by atoms with E-state index in [1.54, 1.807) is 23.9 Å². The van der Waals surface area contributed by atoms with Gasteiger partial charge < -0.3 is 9.64 Å². The average Bonchev–Trinajstić information content (AvgIpc) is 3.35. The summed E-state index contributed by atoms with van der Waals surface area (Å²) in [6.45, 7) is 5.52. The third-order valence-electron chi connectivity index (χ3n) is 6.62. The van der Waals surface area contributed by atoms with Crippen molar-refractivity contribution in [3.63, 3.8) is 0 Å². The molecule has 2 aliphatic heterocycles. The van der Waals surface area contributed by atoms with E-state index in [9.17, 15) is 4.79 Å². The highest BCUT2D eigenvalue weighted by molar-refractivity contribution is 5.55. The van der Waals surface area contributed by atoms with Crippen molar-refractivity contribution >= 4 is 5.95 Å². The van der Waals surface area contributed by atoms with Crippen molar-refractivity contribution in [2.24, 2.45) is 13.0 Å². The first-order valence-electron chi connectivity index (χ1n) is 11.5. The number of ether oxygens (including phenoxy) is 1. The van der Waals surface area contributed by atoms with Crippen LogP contribution in [-0.4, -0.2) is 69.9 Å². The number of anilines is 1. The maximum Gasteiger partial charge on any atom is 0.255 e. The third kappa shape index (κ3) is 4.52. The molecule has 0 radical (unpaired) electrons. The number of nitrogens with zero attached hydrogens (tertiary/aromatic N) is 6. The molecule has 0 aromatic carbocycles.